The summed E-state index contributed by atoms with van der Waals surface area (Å²) < 4.78 is 20.0. The first kappa shape index (κ1) is 79.9. The third-order valence-corrected chi connectivity index (χ3v) is 28.4. The first-order valence-corrected chi connectivity index (χ1v) is 40.9. The maximum Gasteiger partial charge on any atom is 0.305 e. The molecule has 8 heteroatoms. The molecule has 0 saturated heterocycles. The van der Waals surface area contributed by atoms with Gasteiger partial charge in [-0.1, -0.05) is 223 Å². The Kier molecular flexibility index (Phi) is 36.7. The fourth-order valence-electron chi connectivity index (χ4n) is 21.3. The van der Waals surface area contributed by atoms with E-state index < -0.39 is 0 Å². The molecule has 0 amide bonds. The molecule has 0 bridgehead atoms. The molecule has 0 aromatic carbocycles. The molecule has 6 aliphatic carbocycles. The van der Waals surface area contributed by atoms with Crippen LogP contribution < -0.4 is 0 Å². The Morgan fingerprint density at radius 1 is 0.344 bits per heavy atom. The van der Waals surface area contributed by atoms with Gasteiger partial charge in [0.2, 0.25) is 0 Å². The fraction of sp³-hybridized carbons (Fsp3) is 0.953. The molecule has 22 atom stereocenters. The quantitative estimate of drug-likeness (QED) is 0.0438. The van der Waals surface area contributed by atoms with Gasteiger partial charge in [0.15, 0.2) is 0 Å². The van der Waals surface area contributed by atoms with Crippen molar-refractivity contribution in [3.8, 4) is 0 Å². The maximum atomic E-state index is 12.0. The van der Waals surface area contributed by atoms with Crippen LogP contribution in [0, 0.1) is 130 Å². The second-order valence-corrected chi connectivity index (χ2v) is 35.7. The molecule has 6 saturated carbocycles. The normalized spacial score (nSPS) is 30.5. The van der Waals surface area contributed by atoms with Crippen molar-refractivity contribution in [2.45, 2.75) is 358 Å². The Morgan fingerprint density at radius 3 is 1.17 bits per heavy atom. The van der Waals surface area contributed by atoms with Crippen LogP contribution in [0.2, 0.25) is 0 Å². The van der Waals surface area contributed by atoms with E-state index in [2.05, 4.69) is 62.3 Å². The third kappa shape index (κ3) is 28.9. The zero-order valence-electron chi connectivity index (χ0n) is 63.4. The van der Waals surface area contributed by atoms with E-state index in [0.29, 0.717) is 54.8 Å². The molecule has 0 spiro atoms. The Balaban J connectivity index is 1.02. The van der Waals surface area contributed by atoms with E-state index in [1.165, 1.54) is 271 Å². The summed E-state index contributed by atoms with van der Waals surface area (Å²) in [5.41, 5.74) is 0.462. The van der Waals surface area contributed by atoms with Crippen LogP contribution >= 0.6 is 0 Å². The molecule has 0 heterocycles. The van der Waals surface area contributed by atoms with E-state index in [-0.39, 0.29) is 23.9 Å². The average Bonchev–Trinajstić information content (AvgIpc) is 1.81. The van der Waals surface area contributed by atoms with Gasteiger partial charge in [-0.15, -0.1) is 0 Å². The molecule has 6 fully saturated rings. The third-order valence-electron chi connectivity index (χ3n) is 28.4. The zero-order valence-corrected chi connectivity index (χ0v) is 63.4. The summed E-state index contributed by atoms with van der Waals surface area (Å²) >= 11 is 0. The molecular weight excluding hydrogens is 1150 g/mol. The summed E-state index contributed by atoms with van der Waals surface area (Å²) in [5, 5.41) is 0. The van der Waals surface area contributed by atoms with Crippen molar-refractivity contribution in [2.24, 2.45) is 130 Å². The molecule has 6 aliphatic rings. The highest BCUT2D eigenvalue weighted by Crippen LogP contribution is 2.52. The van der Waals surface area contributed by atoms with Crippen LogP contribution in [0.25, 0.3) is 0 Å². The number of rotatable bonds is 47. The van der Waals surface area contributed by atoms with E-state index in [4.69, 9.17) is 18.9 Å². The minimum atomic E-state index is -0.0641. The van der Waals surface area contributed by atoms with Crippen molar-refractivity contribution in [2.75, 3.05) is 28.4 Å². The summed E-state index contributed by atoms with van der Waals surface area (Å²) in [7, 11) is 6.12. The fourth-order valence-corrected chi connectivity index (χ4v) is 21.3. The van der Waals surface area contributed by atoms with Crippen molar-refractivity contribution >= 4 is 23.9 Å². The second kappa shape index (κ2) is 42.7. The molecule has 0 aromatic heterocycles. The monoisotopic (exact) mass is 1300 g/mol. The van der Waals surface area contributed by atoms with Crippen molar-refractivity contribution < 1.29 is 38.1 Å². The highest BCUT2D eigenvalue weighted by molar-refractivity contribution is 5.70. The van der Waals surface area contributed by atoms with Crippen LogP contribution in [0.15, 0.2) is 0 Å². The van der Waals surface area contributed by atoms with Crippen LogP contribution in [0.3, 0.4) is 0 Å². The maximum absolute atomic E-state index is 12.0. The van der Waals surface area contributed by atoms with Gasteiger partial charge in [-0.2, -0.15) is 0 Å². The Morgan fingerprint density at radius 2 is 0.710 bits per heavy atom. The van der Waals surface area contributed by atoms with Crippen LogP contribution in [0.1, 0.15) is 358 Å². The SMILES string of the molecule is COC(=O)C[C@H](C)CCC[C@H]1CC[C@H]([C@H](C)CCC[C@@H](CC[C@@H](C)CCC[C@@H](C)[C@H]2CC[C@H](C3CC[C@H](CC(=O)OC)C3)C2)CC[C@@H](CCC[C@@H](C)[C@@]2(C)CC[C@H](CCC[C@@H](C)CC(=O)OC)C2)CC[C@@H](C)CCC[C@@H](C)[C@H]2CC[C@H](C3CC[C@H](CC(=O)OC)C3)C2)C1. The molecule has 0 aromatic rings. The molecule has 2 unspecified atom stereocenters. The van der Waals surface area contributed by atoms with Gasteiger partial charge in [0.25, 0.3) is 0 Å². The molecule has 8 nitrogen and oxygen atoms in total. The Labute approximate surface area is 574 Å². The smallest absolute Gasteiger partial charge is 0.305 e. The lowest BCUT2D eigenvalue weighted by molar-refractivity contribution is -0.142. The lowest BCUT2D eigenvalue weighted by atomic mass is 9.73. The lowest BCUT2D eigenvalue weighted by Crippen LogP contribution is -2.22. The van der Waals surface area contributed by atoms with Crippen molar-refractivity contribution in [3.63, 3.8) is 0 Å². The van der Waals surface area contributed by atoms with Crippen LogP contribution in [0.5, 0.6) is 0 Å². The number of carbonyl (C=O) groups is 4. The molecule has 0 N–H and O–H groups in total. The first-order valence-electron chi connectivity index (χ1n) is 40.9. The Hall–Kier alpha value is -2.12. The summed E-state index contributed by atoms with van der Waals surface area (Å²) in [5.74, 6) is 16.1. The lowest BCUT2D eigenvalue weighted by Gasteiger charge is -2.33. The van der Waals surface area contributed by atoms with Crippen LogP contribution in [0.4, 0.5) is 0 Å². The van der Waals surface area contributed by atoms with Gasteiger partial charge < -0.3 is 18.9 Å². The number of esters is 4. The number of ether oxygens (including phenoxy) is 4. The predicted octanol–water partition coefficient (Wildman–Crippen LogP) is 23.8. The van der Waals surface area contributed by atoms with Gasteiger partial charge in [0.05, 0.1) is 28.4 Å². The van der Waals surface area contributed by atoms with Gasteiger partial charge in [-0.3, -0.25) is 19.2 Å². The molecule has 93 heavy (non-hydrogen) atoms. The largest absolute Gasteiger partial charge is 0.469 e. The summed E-state index contributed by atoms with van der Waals surface area (Å²) in [6.07, 6.45) is 59.6. The number of hydrogen-bond donors (Lipinski definition) is 0. The van der Waals surface area contributed by atoms with Gasteiger partial charge in [-0.25, -0.2) is 0 Å². The van der Waals surface area contributed by atoms with E-state index >= 15 is 0 Å². The summed E-state index contributed by atoms with van der Waals surface area (Å²) in [4.78, 5) is 47.9. The van der Waals surface area contributed by atoms with Crippen LogP contribution in [-0.2, 0) is 38.1 Å². The van der Waals surface area contributed by atoms with Crippen molar-refractivity contribution in [3.05, 3.63) is 0 Å². The standard InChI is InChI=1S/C85H152O8/c1-60(20-14-24-65(6)75-44-46-79(57-75)77-42-39-72(53-77)55-83(88)92-12)32-34-68(28-18-26-64(5)74-41-38-70(52-74)30-16-22-62(3)50-81(86)90-10)36-37-69(29-19-27-67(8)85(9)49-48-71(59-85)31-17-23-63(4)51-82(87)91-11)35-33-61(2)21-15-25-66(7)76-45-47-80(58-76)78-43-40-73(54-78)56-84(89)93-13/h60-80H,14-59H2,1-13H3/t60-,61-,62+,63+,64+,65+,66+,67+,68-,69-,70-,71-,72-,73-,74-,75-,76-,77?,78?,79-,80-,85-/m0/s1. The van der Waals surface area contributed by atoms with Gasteiger partial charge in [0, 0.05) is 25.7 Å². The summed E-state index contributed by atoms with van der Waals surface area (Å²) in [6.45, 7) is 22.7. The van der Waals surface area contributed by atoms with E-state index in [1.807, 2.05) is 0 Å². The van der Waals surface area contributed by atoms with Gasteiger partial charge >= 0.3 is 23.9 Å². The van der Waals surface area contributed by atoms with Crippen molar-refractivity contribution in [1.29, 1.82) is 0 Å². The van der Waals surface area contributed by atoms with E-state index in [9.17, 15) is 19.2 Å². The Bertz CT molecular complexity index is 2070. The van der Waals surface area contributed by atoms with Crippen molar-refractivity contribution in [1.82, 2.24) is 0 Å². The zero-order chi connectivity index (χ0) is 67.3. The second-order valence-electron chi connectivity index (χ2n) is 35.7. The predicted molar refractivity (Wildman–Crippen MR) is 387 cm³/mol. The number of carbonyl (C=O) groups excluding carboxylic acids is 4. The molecule has 0 radical (unpaired) electrons. The van der Waals surface area contributed by atoms with E-state index in [1.54, 1.807) is 14.2 Å². The highest BCUT2D eigenvalue weighted by Gasteiger charge is 2.41. The molecule has 6 rings (SSSR count). The van der Waals surface area contributed by atoms with E-state index in [0.717, 1.165) is 113 Å². The van der Waals surface area contributed by atoms with Gasteiger partial charge in [-0.05, 0) is 239 Å². The highest BCUT2D eigenvalue weighted by atomic mass is 16.5. The number of methoxy groups -OCH3 is 4. The number of hydrogen-bond acceptors (Lipinski definition) is 8. The minimum Gasteiger partial charge on any atom is -0.469 e. The topological polar surface area (TPSA) is 105 Å². The molecule has 0 aliphatic heterocycles. The first-order chi connectivity index (χ1) is 44.6. The average molecular weight is 1300 g/mol. The van der Waals surface area contributed by atoms with Crippen LogP contribution in [-0.4, -0.2) is 52.3 Å². The molecular formula is C85H152O8. The minimum absolute atomic E-state index is 0.0166. The van der Waals surface area contributed by atoms with Gasteiger partial charge in [0.1, 0.15) is 0 Å². The summed E-state index contributed by atoms with van der Waals surface area (Å²) in [6, 6.07) is 0. The molecule has 540 valence electrons.